The Labute approximate surface area is 85.8 Å². The molecule has 1 N–H and O–H groups in total. The Kier molecular flexibility index (Phi) is 4.40. The van der Waals surface area contributed by atoms with Gasteiger partial charge in [-0.15, -0.1) is 0 Å². The van der Waals surface area contributed by atoms with Crippen molar-refractivity contribution in [2.75, 3.05) is 13.1 Å². The summed E-state index contributed by atoms with van der Waals surface area (Å²) in [7, 11) is 1.96. The van der Waals surface area contributed by atoms with Crippen LogP contribution < -0.4 is 5.32 Å². The molecule has 0 radical (unpaired) electrons. The summed E-state index contributed by atoms with van der Waals surface area (Å²) in [5, 5.41) is 7.49. The summed E-state index contributed by atoms with van der Waals surface area (Å²) in [5.74, 6) is 0. The zero-order chi connectivity index (χ0) is 10.4. The highest BCUT2D eigenvalue weighted by molar-refractivity contribution is 5.48. The predicted octanol–water partition coefficient (Wildman–Crippen LogP) is 1.82. The van der Waals surface area contributed by atoms with Gasteiger partial charge < -0.3 is 5.32 Å². The van der Waals surface area contributed by atoms with Gasteiger partial charge in [0.2, 0.25) is 0 Å². The van der Waals surface area contributed by atoms with Crippen molar-refractivity contribution in [1.82, 2.24) is 15.1 Å². The molecule has 0 aliphatic heterocycles. The van der Waals surface area contributed by atoms with Crippen LogP contribution in [0.1, 0.15) is 26.0 Å². The van der Waals surface area contributed by atoms with E-state index in [2.05, 4.69) is 30.3 Å². The van der Waals surface area contributed by atoms with Gasteiger partial charge >= 0.3 is 0 Å². The molecule has 0 saturated heterocycles. The Bertz CT molecular complexity index is 299. The molecule has 1 aromatic heterocycles. The van der Waals surface area contributed by atoms with E-state index in [9.17, 15) is 0 Å². The molecule has 1 aromatic rings. The zero-order valence-corrected chi connectivity index (χ0v) is 9.25. The van der Waals surface area contributed by atoms with Crippen molar-refractivity contribution in [3.63, 3.8) is 0 Å². The van der Waals surface area contributed by atoms with Gasteiger partial charge in [-0.1, -0.05) is 12.5 Å². The molecule has 0 amide bonds. The molecule has 1 heterocycles. The van der Waals surface area contributed by atoms with Crippen LogP contribution in [-0.4, -0.2) is 22.9 Å². The van der Waals surface area contributed by atoms with Crippen molar-refractivity contribution < 1.29 is 0 Å². The van der Waals surface area contributed by atoms with E-state index in [0.717, 1.165) is 18.8 Å². The highest BCUT2D eigenvalue weighted by atomic mass is 15.2. The molecule has 0 saturated carbocycles. The number of rotatable bonds is 5. The lowest BCUT2D eigenvalue weighted by Gasteiger charge is -2.03. The second-order valence-electron chi connectivity index (χ2n) is 3.55. The number of nitrogens with zero attached hydrogens (tertiary/aromatic N) is 2. The molecular weight excluding hydrogens is 174 g/mol. The van der Waals surface area contributed by atoms with Crippen molar-refractivity contribution in [2.24, 2.45) is 7.05 Å². The number of aryl methyl sites for hydroxylation is 1. The smallest absolute Gasteiger partial charge is 0.0606 e. The van der Waals surface area contributed by atoms with Crippen molar-refractivity contribution in [3.8, 4) is 0 Å². The summed E-state index contributed by atoms with van der Waals surface area (Å²) in [5.41, 5.74) is 2.49. The standard InChI is InChI=1S/C11H19N3/c1-4-6-12-9-10(2)8-11-5-7-13-14(11)3/h5,7-8,12H,4,6,9H2,1-3H3. The second kappa shape index (κ2) is 5.60. The summed E-state index contributed by atoms with van der Waals surface area (Å²) in [4.78, 5) is 0. The van der Waals surface area contributed by atoms with Gasteiger partial charge in [0.15, 0.2) is 0 Å². The maximum Gasteiger partial charge on any atom is 0.0606 e. The molecular formula is C11H19N3. The van der Waals surface area contributed by atoms with Crippen LogP contribution in [0.25, 0.3) is 6.08 Å². The van der Waals surface area contributed by atoms with Crippen LogP contribution in [0.2, 0.25) is 0 Å². The molecule has 0 aliphatic rings. The first-order chi connectivity index (χ1) is 6.74. The Morgan fingerprint density at radius 2 is 2.43 bits per heavy atom. The minimum absolute atomic E-state index is 0.957. The maximum absolute atomic E-state index is 4.12. The van der Waals surface area contributed by atoms with Gasteiger partial charge in [-0.05, 0) is 32.0 Å². The average molecular weight is 193 g/mol. The Balaban J connectivity index is 2.47. The molecule has 1 rings (SSSR count). The van der Waals surface area contributed by atoms with E-state index in [1.807, 2.05) is 24.0 Å². The van der Waals surface area contributed by atoms with E-state index in [1.54, 1.807) is 0 Å². The van der Waals surface area contributed by atoms with E-state index >= 15 is 0 Å². The zero-order valence-electron chi connectivity index (χ0n) is 9.25. The van der Waals surface area contributed by atoms with Gasteiger partial charge in [0, 0.05) is 19.8 Å². The van der Waals surface area contributed by atoms with Crippen LogP contribution >= 0.6 is 0 Å². The molecule has 3 nitrogen and oxygen atoms in total. The van der Waals surface area contributed by atoms with Crippen molar-refractivity contribution in [2.45, 2.75) is 20.3 Å². The third-order valence-corrected chi connectivity index (χ3v) is 2.08. The van der Waals surface area contributed by atoms with Crippen molar-refractivity contribution in [1.29, 1.82) is 0 Å². The number of nitrogens with one attached hydrogen (secondary N) is 1. The largest absolute Gasteiger partial charge is 0.313 e. The van der Waals surface area contributed by atoms with Gasteiger partial charge in [-0.3, -0.25) is 4.68 Å². The fraction of sp³-hybridized carbons (Fsp3) is 0.545. The summed E-state index contributed by atoms with van der Waals surface area (Å²) in [6.07, 6.45) is 5.16. The molecule has 0 atom stereocenters. The molecule has 0 fully saturated rings. The third kappa shape index (κ3) is 3.34. The maximum atomic E-state index is 4.12. The van der Waals surface area contributed by atoms with E-state index in [1.165, 1.54) is 12.0 Å². The minimum atomic E-state index is 0.957. The molecule has 3 heteroatoms. The van der Waals surface area contributed by atoms with Crippen molar-refractivity contribution >= 4 is 6.08 Å². The Morgan fingerprint density at radius 3 is 3.00 bits per heavy atom. The molecule has 0 bridgehead atoms. The van der Waals surface area contributed by atoms with Gasteiger partial charge in [-0.25, -0.2) is 0 Å². The molecule has 0 spiro atoms. The van der Waals surface area contributed by atoms with Gasteiger partial charge in [0.25, 0.3) is 0 Å². The normalized spacial score (nSPS) is 12.1. The Morgan fingerprint density at radius 1 is 1.64 bits per heavy atom. The average Bonchev–Trinajstić information content (AvgIpc) is 2.52. The SMILES string of the molecule is CCCNCC(C)=Cc1ccnn1C. The lowest BCUT2D eigenvalue weighted by molar-refractivity contribution is 0.714. The van der Waals surface area contributed by atoms with Crippen molar-refractivity contribution in [3.05, 3.63) is 23.5 Å². The topological polar surface area (TPSA) is 29.9 Å². The second-order valence-corrected chi connectivity index (χ2v) is 3.55. The fourth-order valence-corrected chi connectivity index (χ4v) is 1.29. The van der Waals surface area contributed by atoms with Crippen LogP contribution in [-0.2, 0) is 7.05 Å². The number of aromatic nitrogens is 2. The van der Waals surface area contributed by atoms with Crippen LogP contribution in [0.15, 0.2) is 17.8 Å². The third-order valence-electron chi connectivity index (χ3n) is 2.08. The molecule has 0 aromatic carbocycles. The molecule has 0 unspecified atom stereocenters. The number of hydrogen-bond acceptors (Lipinski definition) is 2. The predicted molar refractivity (Wildman–Crippen MR) is 60.0 cm³/mol. The lowest BCUT2D eigenvalue weighted by Crippen LogP contribution is -2.16. The fourth-order valence-electron chi connectivity index (χ4n) is 1.29. The monoisotopic (exact) mass is 193 g/mol. The lowest BCUT2D eigenvalue weighted by atomic mass is 10.2. The van der Waals surface area contributed by atoms with Crippen LogP contribution in [0.4, 0.5) is 0 Å². The summed E-state index contributed by atoms with van der Waals surface area (Å²) in [6.45, 7) is 6.35. The first-order valence-corrected chi connectivity index (χ1v) is 5.10. The van der Waals surface area contributed by atoms with E-state index in [4.69, 9.17) is 0 Å². The van der Waals surface area contributed by atoms with Crippen LogP contribution in [0.5, 0.6) is 0 Å². The molecule has 78 valence electrons. The minimum Gasteiger partial charge on any atom is -0.313 e. The van der Waals surface area contributed by atoms with Crippen LogP contribution in [0.3, 0.4) is 0 Å². The quantitative estimate of drug-likeness (QED) is 0.723. The Hall–Kier alpha value is -1.09. The van der Waals surface area contributed by atoms with E-state index in [-0.39, 0.29) is 0 Å². The van der Waals surface area contributed by atoms with Gasteiger partial charge in [0.05, 0.1) is 5.69 Å². The molecule has 0 aliphatic carbocycles. The molecule has 14 heavy (non-hydrogen) atoms. The highest BCUT2D eigenvalue weighted by Crippen LogP contribution is 2.03. The summed E-state index contributed by atoms with van der Waals surface area (Å²) < 4.78 is 1.88. The van der Waals surface area contributed by atoms with Gasteiger partial charge in [-0.2, -0.15) is 5.10 Å². The first-order valence-electron chi connectivity index (χ1n) is 5.10. The van der Waals surface area contributed by atoms with Crippen LogP contribution in [0, 0.1) is 0 Å². The highest BCUT2D eigenvalue weighted by Gasteiger charge is 1.95. The van der Waals surface area contributed by atoms with E-state index in [0.29, 0.717) is 0 Å². The number of hydrogen-bond donors (Lipinski definition) is 1. The summed E-state index contributed by atoms with van der Waals surface area (Å²) >= 11 is 0. The summed E-state index contributed by atoms with van der Waals surface area (Å²) in [6, 6.07) is 2.02. The first kappa shape index (κ1) is 11.0. The van der Waals surface area contributed by atoms with E-state index < -0.39 is 0 Å². The van der Waals surface area contributed by atoms with Gasteiger partial charge in [0.1, 0.15) is 0 Å².